The van der Waals surface area contributed by atoms with E-state index in [0.717, 1.165) is 6.42 Å². The molecule has 0 radical (unpaired) electrons. The molecule has 0 saturated carbocycles. The number of aliphatic carboxylic acids is 1. The first-order chi connectivity index (χ1) is 9.19. The third-order valence-corrected chi connectivity index (χ3v) is 3.19. The van der Waals surface area contributed by atoms with Gasteiger partial charge in [-0.25, -0.2) is 0 Å². The lowest BCUT2D eigenvalue weighted by molar-refractivity contribution is -0.139. The third kappa shape index (κ3) is 5.55. The average Bonchev–Trinajstić information content (AvgIpc) is 2.26. The van der Waals surface area contributed by atoms with E-state index in [0.29, 0.717) is 11.5 Å². The molecule has 0 saturated heterocycles. The lowest BCUT2D eigenvalue weighted by atomic mass is 9.82. The molecule has 0 spiro atoms. The molecule has 0 aliphatic rings. The third-order valence-electron chi connectivity index (χ3n) is 3.19. The Morgan fingerprint density at radius 2 is 1.65 bits per heavy atom. The van der Waals surface area contributed by atoms with Crippen LogP contribution < -0.4 is 0 Å². The molecule has 0 unspecified atom stereocenters. The van der Waals surface area contributed by atoms with Crippen LogP contribution in [0.3, 0.4) is 0 Å². The van der Waals surface area contributed by atoms with E-state index in [-0.39, 0.29) is 18.6 Å². The summed E-state index contributed by atoms with van der Waals surface area (Å²) in [6.45, 7) is 7.94. The van der Waals surface area contributed by atoms with Crippen molar-refractivity contribution in [1.82, 2.24) is 0 Å². The maximum absolute atomic E-state index is 12.2. The Balaban J connectivity index is 2.70. The number of hydrogen-bond donors (Lipinski definition) is 1. The molecule has 20 heavy (non-hydrogen) atoms. The summed E-state index contributed by atoms with van der Waals surface area (Å²) < 4.78 is 0. The first-order valence-corrected chi connectivity index (χ1v) is 7.03. The molecule has 0 atom stereocenters. The monoisotopic (exact) mass is 276 g/mol. The Bertz CT molecular complexity index is 470. The largest absolute Gasteiger partial charge is 0.481 e. The summed E-state index contributed by atoms with van der Waals surface area (Å²) in [6, 6.07) is 7.66. The van der Waals surface area contributed by atoms with E-state index in [1.54, 1.807) is 0 Å². The van der Waals surface area contributed by atoms with Crippen molar-refractivity contribution in [2.75, 3.05) is 0 Å². The number of carboxylic acid groups (broad SMARTS) is 1. The maximum Gasteiger partial charge on any atom is 0.303 e. The molecule has 1 aromatic carbocycles. The van der Waals surface area contributed by atoms with Crippen LogP contribution in [0.15, 0.2) is 24.3 Å². The van der Waals surface area contributed by atoms with Gasteiger partial charge in [0, 0.05) is 12.0 Å². The van der Waals surface area contributed by atoms with Crippen LogP contribution in [0.5, 0.6) is 0 Å². The van der Waals surface area contributed by atoms with Gasteiger partial charge in [-0.1, -0.05) is 52.0 Å². The van der Waals surface area contributed by atoms with Crippen LogP contribution in [0.1, 0.15) is 56.5 Å². The number of carbonyl (C=O) groups excluding carboxylic acids is 1. The molecular formula is C17H24O3. The van der Waals surface area contributed by atoms with E-state index in [1.807, 2.05) is 38.1 Å². The zero-order valence-corrected chi connectivity index (χ0v) is 12.8. The Kier molecular flexibility index (Phi) is 5.49. The molecule has 3 heteroatoms. The van der Waals surface area contributed by atoms with Crippen molar-refractivity contribution in [3.05, 3.63) is 35.4 Å². The van der Waals surface area contributed by atoms with Crippen molar-refractivity contribution in [3.63, 3.8) is 0 Å². The van der Waals surface area contributed by atoms with Gasteiger partial charge in [-0.3, -0.25) is 9.59 Å². The fourth-order valence-electron chi connectivity index (χ4n) is 2.31. The van der Waals surface area contributed by atoms with Gasteiger partial charge in [0.25, 0.3) is 0 Å². The molecule has 0 heterocycles. The molecule has 0 aliphatic heterocycles. The van der Waals surface area contributed by atoms with Crippen molar-refractivity contribution >= 4 is 11.8 Å². The fraction of sp³-hybridized carbons (Fsp3) is 0.529. The van der Waals surface area contributed by atoms with E-state index in [9.17, 15) is 9.59 Å². The Morgan fingerprint density at radius 3 is 2.10 bits per heavy atom. The minimum absolute atomic E-state index is 0.00414. The summed E-state index contributed by atoms with van der Waals surface area (Å²) in [5.41, 5.74) is 1.37. The zero-order chi connectivity index (χ0) is 15.3. The summed E-state index contributed by atoms with van der Waals surface area (Å²) in [6.07, 6.45) is 1.26. The molecule has 1 N–H and O–H groups in total. The van der Waals surface area contributed by atoms with Crippen molar-refractivity contribution in [2.24, 2.45) is 11.3 Å². The van der Waals surface area contributed by atoms with Crippen LogP contribution in [0, 0.1) is 11.3 Å². The summed E-state index contributed by atoms with van der Waals surface area (Å²) in [5, 5.41) is 8.84. The Labute approximate surface area is 121 Å². The van der Waals surface area contributed by atoms with Gasteiger partial charge in [-0.2, -0.15) is 0 Å². The molecule has 1 rings (SSSR count). The summed E-state index contributed by atoms with van der Waals surface area (Å²) in [5.74, 6) is -0.270. The number of benzene rings is 1. The van der Waals surface area contributed by atoms with Crippen molar-refractivity contribution in [2.45, 2.75) is 47.0 Å². The molecular weight excluding hydrogens is 252 g/mol. The second kappa shape index (κ2) is 6.69. The first kappa shape index (κ1) is 16.4. The summed E-state index contributed by atoms with van der Waals surface area (Å²) >= 11 is 0. The van der Waals surface area contributed by atoms with Gasteiger partial charge in [0.1, 0.15) is 0 Å². The van der Waals surface area contributed by atoms with Gasteiger partial charge in [-0.15, -0.1) is 0 Å². The summed E-state index contributed by atoms with van der Waals surface area (Å²) in [7, 11) is 0. The van der Waals surface area contributed by atoms with Crippen molar-refractivity contribution < 1.29 is 14.7 Å². The zero-order valence-electron chi connectivity index (χ0n) is 12.8. The first-order valence-electron chi connectivity index (χ1n) is 7.03. The van der Waals surface area contributed by atoms with E-state index in [1.165, 1.54) is 5.56 Å². The van der Waals surface area contributed by atoms with Crippen LogP contribution in [-0.4, -0.2) is 16.9 Å². The molecule has 0 bridgehead atoms. The van der Waals surface area contributed by atoms with Gasteiger partial charge in [0.05, 0.1) is 6.42 Å². The van der Waals surface area contributed by atoms with Crippen LogP contribution in [0.2, 0.25) is 0 Å². The molecule has 3 nitrogen and oxygen atoms in total. The molecule has 0 aromatic heterocycles. The fourth-order valence-corrected chi connectivity index (χ4v) is 2.31. The highest BCUT2D eigenvalue weighted by atomic mass is 16.4. The second-order valence-electron chi connectivity index (χ2n) is 6.63. The van der Waals surface area contributed by atoms with Gasteiger partial charge in [0.15, 0.2) is 5.78 Å². The maximum atomic E-state index is 12.2. The molecule has 0 fully saturated rings. The lowest BCUT2D eigenvalue weighted by Crippen LogP contribution is -2.21. The second-order valence-corrected chi connectivity index (χ2v) is 6.63. The standard InChI is InChI=1S/C17H24O3/c1-12(2)9-13-5-7-14(8-6-13)15(18)10-17(3,4)11-16(19)20/h5-8,12H,9-11H2,1-4H3,(H,19,20). The number of rotatable bonds is 7. The van der Waals surface area contributed by atoms with E-state index in [2.05, 4.69) is 13.8 Å². The normalized spacial score (nSPS) is 11.7. The quantitative estimate of drug-likeness (QED) is 0.767. The Morgan fingerprint density at radius 1 is 1.10 bits per heavy atom. The summed E-state index contributed by atoms with van der Waals surface area (Å²) in [4.78, 5) is 23.0. The van der Waals surface area contributed by atoms with Crippen molar-refractivity contribution in [3.8, 4) is 0 Å². The smallest absolute Gasteiger partial charge is 0.303 e. The average molecular weight is 276 g/mol. The SMILES string of the molecule is CC(C)Cc1ccc(C(=O)CC(C)(C)CC(=O)O)cc1. The number of carboxylic acids is 1. The van der Waals surface area contributed by atoms with E-state index >= 15 is 0 Å². The molecule has 0 amide bonds. The predicted octanol–water partition coefficient (Wildman–Crippen LogP) is 3.96. The highest BCUT2D eigenvalue weighted by molar-refractivity contribution is 5.96. The van der Waals surface area contributed by atoms with Crippen LogP contribution in [0.25, 0.3) is 0 Å². The van der Waals surface area contributed by atoms with Crippen LogP contribution in [0.4, 0.5) is 0 Å². The number of Topliss-reactive ketones (excluding diaryl/α,β-unsaturated/α-hetero) is 1. The Hall–Kier alpha value is -1.64. The molecule has 110 valence electrons. The van der Waals surface area contributed by atoms with Crippen molar-refractivity contribution in [1.29, 1.82) is 0 Å². The molecule has 0 aliphatic carbocycles. The lowest BCUT2D eigenvalue weighted by Gasteiger charge is -2.21. The van der Waals surface area contributed by atoms with E-state index in [4.69, 9.17) is 5.11 Å². The highest BCUT2D eigenvalue weighted by Gasteiger charge is 2.25. The van der Waals surface area contributed by atoms with Gasteiger partial charge >= 0.3 is 5.97 Å². The van der Waals surface area contributed by atoms with Gasteiger partial charge in [-0.05, 0) is 23.3 Å². The van der Waals surface area contributed by atoms with Crippen LogP contribution >= 0.6 is 0 Å². The van der Waals surface area contributed by atoms with Gasteiger partial charge in [0.2, 0.25) is 0 Å². The molecule has 1 aromatic rings. The van der Waals surface area contributed by atoms with E-state index < -0.39 is 11.4 Å². The number of carbonyl (C=O) groups is 2. The predicted molar refractivity (Wildman–Crippen MR) is 80.0 cm³/mol. The topological polar surface area (TPSA) is 54.4 Å². The number of ketones is 1. The van der Waals surface area contributed by atoms with Gasteiger partial charge < -0.3 is 5.11 Å². The minimum Gasteiger partial charge on any atom is -0.481 e. The van der Waals surface area contributed by atoms with Crippen LogP contribution in [-0.2, 0) is 11.2 Å². The minimum atomic E-state index is -0.866. The highest BCUT2D eigenvalue weighted by Crippen LogP contribution is 2.27. The number of hydrogen-bond acceptors (Lipinski definition) is 2.